The van der Waals surface area contributed by atoms with E-state index in [2.05, 4.69) is 37.7 Å². The van der Waals surface area contributed by atoms with Gasteiger partial charge in [0.05, 0.1) is 29.2 Å². The number of nitrogens with zero attached hydrogens (tertiary/aromatic N) is 4. The maximum absolute atomic E-state index is 14.8. The number of benzene rings is 1. The van der Waals surface area contributed by atoms with Crippen LogP contribution in [0.5, 0.6) is 0 Å². The standard InChI is InChI=1S/C26H24FN7O3/c1-12-23(37-13(2)30-12)25(36)31-16-5-6-19(27)18(8-16)20-11-34-10-17(9-29-26(34)33-20)32-24(35)21-14-3-4-15(7-14)22(21)28/h3-6,8-11,14-15,21-22H,7,28H2,1-2H3,(H,31,36)(H,32,35). The Labute approximate surface area is 210 Å². The smallest absolute Gasteiger partial charge is 0.293 e. The highest BCUT2D eigenvalue weighted by atomic mass is 19.1. The maximum atomic E-state index is 14.8. The number of allylic oxidation sites excluding steroid dienone is 1. The minimum atomic E-state index is -0.514. The predicted octanol–water partition coefficient (Wildman–Crippen LogP) is 3.48. The van der Waals surface area contributed by atoms with Crippen molar-refractivity contribution in [1.82, 2.24) is 19.4 Å². The van der Waals surface area contributed by atoms with Crippen molar-refractivity contribution < 1.29 is 18.4 Å². The average molecular weight is 502 g/mol. The van der Waals surface area contributed by atoms with Gasteiger partial charge in [0.2, 0.25) is 17.4 Å². The van der Waals surface area contributed by atoms with E-state index in [-0.39, 0.29) is 41.0 Å². The van der Waals surface area contributed by atoms with Crippen LogP contribution in [0.4, 0.5) is 15.8 Å². The van der Waals surface area contributed by atoms with Crippen molar-refractivity contribution in [3.63, 3.8) is 0 Å². The van der Waals surface area contributed by atoms with Crippen LogP contribution in [0.2, 0.25) is 0 Å². The molecule has 1 saturated carbocycles. The first-order chi connectivity index (χ1) is 17.8. The van der Waals surface area contributed by atoms with Crippen LogP contribution in [0.15, 0.2) is 53.4 Å². The number of fused-ring (bicyclic) bond motifs is 3. The van der Waals surface area contributed by atoms with Crippen molar-refractivity contribution in [3.05, 3.63) is 72.1 Å². The number of aromatic nitrogens is 4. The number of nitrogens with two attached hydrogens (primary N) is 1. The van der Waals surface area contributed by atoms with Gasteiger partial charge in [-0.15, -0.1) is 0 Å². The molecule has 11 heteroatoms. The largest absolute Gasteiger partial charge is 0.436 e. The molecule has 1 aromatic carbocycles. The number of halogens is 1. The van der Waals surface area contributed by atoms with Crippen LogP contribution in [-0.4, -0.2) is 37.2 Å². The van der Waals surface area contributed by atoms with Crippen LogP contribution in [0, 0.1) is 37.4 Å². The number of hydrogen-bond acceptors (Lipinski definition) is 7. The van der Waals surface area contributed by atoms with Crippen molar-refractivity contribution in [1.29, 1.82) is 0 Å². The molecule has 0 saturated heterocycles. The molecule has 1 fully saturated rings. The van der Waals surface area contributed by atoms with Gasteiger partial charge in [-0.1, -0.05) is 12.2 Å². The molecule has 2 bridgehead atoms. The summed E-state index contributed by atoms with van der Waals surface area (Å²) in [7, 11) is 0. The lowest BCUT2D eigenvalue weighted by Gasteiger charge is -2.23. The Hall–Kier alpha value is -4.38. The topological polar surface area (TPSA) is 140 Å². The van der Waals surface area contributed by atoms with Crippen molar-refractivity contribution in [2.45, 2.75) is 26.3 Å². The molecule has 3 aromatic heterocycles. The van der Waals surface area contributed by atoms with Crippen LogP contribution in [0.3, 0.4) is 0 Å². The van der Waals surface area contributed by atoms with Crippen molar-refractivity contribution in [3.8, 4) is 11.3 Å². The average Bonchev–Trinajstić information content (AvgIpc) is 3.63. The summed E-state index contributed by atoms with van der Waals surface area (Å²) in [6.45, 7) is 3.32. The molecule has 10 nitrogen and oxygen atoms in total. The van der Waals surface area contributed by atoms with E-state index < -0.39 is 11.7 Å². The predicted molar refractivity (Wildman–Crippen MR) is 133 cm³/mol. The first-order valence-electron chi connectivity index (χ1n) is 11.9. The quantitative estimate of drug-likeness (QED) is 0.356. The van der Waals surface area contributed by atoms with E-state index in [1.54, 1.807) is 30.6 Å². The molecule has 3 heterocycles. The molecule has 2 aliphatic carbocycles. The summed E-state index contributed by atoms with van der Waals surface area (Å²) in [4.78, 5) is 38.3. The molecule has 4 aromatic rings. The minimum absolute atomic E-state index is 0.0947. The van der Waals surface area contributed by atoms with E-state index in [9.17, 15) is 14.0 Å². The normalized spacial score (nSPS) is 22.1. The third-order valence-electron chi connectivity index (χ3n) is 7.01. The van der Waals surface area contributed by atoms with Crippen LogP contribution < -0.4 is 16.4 Å². The highest BCUT2D eigenvalue weighted by Gasteiger charge is 2.46. The van der Waals surface area contributed by atoms with E-state index in [1.165, 1.54) is 24.4 Å². The molecule has 2 aliphatic rings. The van der Waals surface area contributed by atoms with Crippen molar-refractivity contribution in [2.75, 3.05) is 10.6 Å². The number of rotatable bonds is 5. The molecule has 4 atom stereocenters. The van der Waals surface area contributed by atoms with Gasteiger partial charge < -0.3 is 20.8 Å². The SMILES string of the molecule is Cc1nc(C)c(C(=O)Nc2ccc(F)c(-c3cn4cc(NC(=O)C5C6C=CC(C6)C5N)cnc4n3)c2)o1. The van der Waals surface area contributed by atoms with Crippen LogP contribution >= 0.6 is 0 Å². The monoisotopic (exact) mass is 501 g/mol. The number of imidazole rings is 1. The van der Waals surface area contributed by atoms with Gasteiger partial charge in [-0.25, -0.2) is 19.3 Å². The van der Waals surface area contributed by atoms with E-state index in [4.69, 9.17) is 10.2 Å². The van der Waals surface area contributed by atoms with Crippen molar-refractivity contribution in [2.24, 2.45) is 23.5 Å². The van der Waals surface area contributed by atoms with Gasteiger partial charge in [-0.3, -0.25) is 14.0 Å². The Morgan fingerprint density at radius 2 is 1.92 bits per heavy atom. The molecule has 2 amide bonds. The summed E-state index contributed by atoms with van der Waals surface area (Å²) >= 11 is 0. The fourth-order valence-electron chi connectivity index (χ4n) is 5.26. The molecule has 4 unspecified atom stereocenters. The minimum Gasteiger partial charge on any atom is -0.436 e. The first kappa shape index (κ1) is 23.0. The summed E-state index contributed by atoms with van der Waals surface area (Å²) in [5.74, 6) is -0.213. The summed E-state index contributed by atoms with van der Waals surface area (Å²) in [6, 6.07) is 3.99. The molecular formula is C26H24FN7O3. The van der Waals surface area contributed by atoms with Gasteiger partial charge >= 0.3 is 0 Å². The van der Waals surface area contributed by atoms with Crippen LogP contribution in [-0.2, 0) is 4.79 Å². The highest BCUT2D eigenvalue weighted by Crippen LogP contribution is 2.43. The Bertz CT molecular complexity index is 1590. The Balaban J connectivity index is 1.23. The molecule has 4 N–H and O–H groups in total. The van der Waals surface area contributed by atoms with Gasteiger partial charge in [0.15, 0.2) is 5.89 Å². The second-order valence-electron chi connectivity index (χ2n) is 9.51. The Morgan fingerprint density at radius 3 is 2.65 bits per heavy atom. The first-order valence-corrected chi connectivity index (χ1v) is 11.9. The molecule has 37 heavy (non-hydrogen) atoms. The summed E-state index contributed by atoms with van der Waals surface area (Å²) < 4.78 is 21.7. The number of nitrogens with one attached hydrogen (secondary N) is 2. The molecule has 0 radical (unpaired) electrons. The number of oxazole rings is 1. The number of amides is 2. The van der Waals surface area contributed by atoms with Gasteiger partial charge in [-0.05, 0) is 43.4 Å². The van der Waals surface area contributed by atoms with Gasteiger partial charge in [0.25, 0.3) is 5.91 Å². The van der Waals surface area contributed by atoms with Gasteiger partial charge in [0.1, 0.15) is 5.82 Å². The number of anilines is 2. The van der Waals surface area contributed by atoms with Crippen molar-refractivity contribution >= 4 is 29.0 Å². The van der Waals surface area contributed by atoms with Crippen LogP contribution in [0.25, 0.3) is 17.0 Å². The zero-order valence-corrected chi connectivity index (χ0v) is 20.1. The summed E-state index contributed by atoms with van der Waals surface area (Å²) in [5, 5.41) is 5.61. The second kappa shape index (κ2) is 8.63. The third kappa shape index (κ3) is 4.06. The second-order valence-corrected chi connectivity index (χ2v) is 9.51. The Morgan fingerprint density at radius 1 is 1.11 bits per heavy atom. The lowest BCUT2D eigenvalue weighted by atomic mass is 9.89. The molecule has 0 aliphatic heterocycles. The van der Waals surface area contributed by atoms with Gasteiger partial charge in [0, 0.05) is 36.6 Å². The van der Waals surface area contributed by atoms with E-state index in [0.29, 0.717) is 34.4 Å². The number of carbonyl (C=O) groups is 2. The van der Waals surface area contributed by atoms with Crippen LogP contribution in [0.1, 0.15) is 28.6 Å². The zero-order valence-electron chi connectivity index (χ0n) is 20.1. The van der Waals surface area contributed by atoms with Gasteiger partial charge in [-0.2, -0.15) is 0 Å². The highest BCUT2D eigenvalue weighted by molar-refractivity contribution is 6.03. The summed E-state index contributed by atoms with van der Waals surface area (Å²) in [6.07, 6.45) is 9.86. The molecule has 188 valence electrons. The molecular weight excluding hydrogens is 477 g/mol. The molecule has 6 rings (SSSR count). The Kier molecular flexibility index (Phi) is 5.37. The number of carbonyl (C=O) groups excluding carboxylic acids is 2. The lowest BCUT2D eigenvalue weighted by Crippen LogP contribution is -2.41. The van der Waals surface area contributed by atoms with E-state index in [1.807, 2.05) is 0 Å². The third-order valence-corrected chi connectivity index (χ3v) is 7.01. The van der Waals surface area contributed by atoms with E-state index >= 15 is 0 Å². The molecule has 0 spiro atoms. The zero-order chi connectivity index (χ0) is 25.8. The fraction of sp³-hybridized carbons (Fsp3) is 0.269. The van der Waals surface area contributed by atoms with E-state index in [0.717, 1.165) is 6.42 Å². The number of hydrogen-bond donors (Lipinski definition) is 3. The fourth-order valence-corrected chi connectivity index (χ4v) is 5.26. The summed E-state index contributed by atoms with van der Waals surface area (Å²) in [5.41, 5.74) is 8.07. The maximum Gasteiger partial charge on any atom is 0.293 e. The lowest BCUT2D eigenvalue weighted by molar-refractivity contribution is -0.120. The number of aryl methyl sites for hydroxylation is 2.